The van der Waals surface area contributed by atoms with Gasteiger partial charge in [0.2, 0.25) is 0 Å². The number of fused-ring (bicyclic) bond motifs is 1. The maximum atomic E-state index is 10.6. The minimum absolute atomic E-state index is 0.101. The van der Waals surface area contributed by atoms with Gasteiger partial charge in [-0.2, -0.15) is 0 Å². The minimum Gasteiger partial charge on any atom is -0.359 e. The van der Waals surface area contributed by atoms with Crippen LogP contribution in [-0.4, -0.2) is 14.9 Å². The molecule has 2 aromatic heterocycles. The first kappa shape index (κ1) is 11.7. The molecule has 1 aromatic carbocycles. The van der Waals surface area contributed by atoms with Gasteiger partial charge in [-0.15, -0.1) is 0 Å². The Morgan fingerprint density at radius 2 is 1.95 bits per heavy atom. The Kier molecular flexibility index (Phi) is 2.92. The molecule has 0 aliphatic heterocycles. The lowest BCUT2D eigenvalue weighted by Crippen LogP contribution is -1.86. The van der Waals surface area contributed by atoms with Crippen molar-refractivity contribution in [1.82, 2.24) is 9.97 Å². The number of aromatic nitrogens is 2. The fraction of sp³-hybridized carbons (Fsp3) is 0. The second-order valence-electron chi connectivity index (χ2n) is 3.90. The van der Waals surface area contributed by atoms with Crippen molar-refractivity contribution >= 4 is 28.5 Å². The Hall–Kier alpha value is -2.34. The number of H-pyrrole nitrogens is 1. The maximum absolute atomic E-state index is 10.6. The highest BCUT2D eigenvalue weighted by molar-refractivity contribution is 7.99. The maximum Gasteiger partial charge on any atom is 0.269 e. The first-order chi connectivity index (χ1) is 9.24. The number of nitro benzene ring substituents is 1. The quantitative estimate of drug-likeness (QED) is 0.583. The van der Waals surface area contributed by atoms with Crippen molar-refractivity contribution in [3.8, 4) is 0 Å². The highest BCUT2D eigenvalue weighted by Gasteiger charge is 2.07. The zero-order valence-corrected chi connectivity index (χ0v) is 10.6. The predicted octanol–water partition coefficient (Wildman–Crippen LogP) is 3.62. The topological polar surface area (TPSA) is 71.8 Å². The number of nitro groups is 1. The van der Waals surface area contributed by atoms with Crippen LogP contribution in [0.4, 0.5) is 5.69 Å². The third kappa shape index (κ3) is 2.30. The van der Waals surface area contributed by atoms with Crippen LogP contribution >= 0.6 is 11.8 Å². The van der Waals surface area contributed by atoms with E-state index in [0.717, 1.165) is 20.8 Å². The molecule has 1 N–H and O–H groups in total. The van der Waals surface area contributed by atoms with Crippen molar-refractivity contribution in [3.63, 3.8) is 0 Å². The smallest absolute Gasteiger partial charge is 0.269 e. The summed E-state index contributed by atoms with van der Waals surface area (Å²) in [6.07, 6.45) is 3.60. The highest BCUT2D eigenvalue weighted by atomic mass is 32.2. The molecule has 0 amide bonds. The number of non-ortho nitro benzene ring substituents is 1. The number of aromatic amines is 1. The molecule has 6 heteroatoms. The van der Waals surface area contributed by atoms with Crippen LogP contribution in [0.3, 0.4) is 0 Å². The van der Waals surface area contributed by atoms with Crippen molar-refractivity contribution in [3.05, 3.63) is 58.9 Å². The lowest BCUT2D eigenvalue weighted by atomic mass is 10.3. The fourth-order valence-electron chi connectivity index (χ4n) is 1.78. The van der Waals surface area contributed by atoms with Crippen molar-refractivity contribution in [2.75, 3.05) is 0 Å². The largest absolute Gasteiger partial charge is 0.359 e. The lowest BCUT2D eigenvalue weighted by Gasteiger charge is -2.02. The molecule has 2 heterocycles. The Bertz CT molecular complexity index is 737. The van der Waals surface area contributed by atoms with Crippen LogP contribution in [-0.2, 0) is 0 Å². The third-order valence-corrected chi connectivity index (χ3v) is 3.75. The van der Waals surface area contributed by atoms with Gasteiger partial charge in [0.25, 0.3) is 5.69 Å². The molecule has 0 spiro atoms. The molecule has 3 aromatic rings. The van der Waals surface area contributed by atoms with Crippen LogP contribution in [0.2, 0.25) is 0 Å². The summed E-state index contributed by atoms with van der Waals surface area (Å²) < 4.78 is 0. The molecule has 0 atom stereocenters. The van der Waals surface area contributed by atoms with Crippen LogP contribution in [0.25, 0.3) is 11.0 Å². The van der Waals surface area contributed by atoms with Gasteiger partial charge in [-0.25, -0.2) is 0 Å². The van der Waals surface area contributed by atoms with E-state index in [9.17, 15) is 10.1 Å². The van der Waals surface area contributed by atoms with E-state index in [0.29, 0.717) is 0 Å². The molecule has 94 valence electrons. The van der Waals surface area contributed by atoms with Gasteiger partial charge in [-0.1, -0.05) is 11.8 Å². The lowest BCUT2D eigenvalue weighted by molar-refractivity contribution is -0.384. The van der Waals surface area contributed by atoms with Crippen LogP contribution < -0.4 is 0 Å². The molecule has 0 bridgehead atoms. The van der Waals surface area contributed by atoms with E-state index < -0.39 is 4.92 Å². The number of nitrogens with zero attached hydrogens (tertiary/aromatic N) is 2. The summed E-state index contributed by atoms with van der Waals surface area (Å²) in [5, 5.41) is 10.6. The minimum atomic E-state index is -0.399. The average Bonchev–Trinajstić information content (AvgIpc) is 2.89. The van der Waals surface area contributed by atoms with Crippen molar-refractivity contribution in [2.24, 2.45) is 0 Å². The Morgan fingerprint density at radius 3 is 2.68 bits per heavy atom. The summed E-state index contributed by atoms with van der Waals surface area (Å²) in [4.78, 5) is 19.6. The zero-order valence-electron chi connectivity index (χ0n) is 9.74. The summed E-state index contributed by atoms with van der Waals surface area (Å²) in [6.45, 7) is 0. The predicted molar refractivity (Wildman–Crippen MR) is 73.3 cm³/mol. The summed E-state index contributed by atoms with van der Waals surface area (Å²) in [5.74, 6) is 0. The molecule has 0 radical (unpaired) electrons. The number of hydrogen-bond acceptors (Lipinski definition) is 4. The molecule has 0 unspecified atom stereocenters. The van der Waals surface area contributed by atoms with Gasteiger partial charge in [0.05, 0.1) is 16.0 Å². The average molecular weight is 271 g/mol. The Balaban J connectivity index is 1.92. The second kappa shape index (κ2) is 4.74. The number of hydrogen-bond donors (Lipinski definition) is 1. The van der Waals surface area contributed by atoms with E-state index in [2.05, 4.69) is 9.97 Å². The van der Waals surface area contributed by atoms with Crippen LogP contribution in [0.5, 0.6) is 0 Å². The number of pyridine rings is 1. The molecule has 0 saturated heterocycles. The zero-order chi connectivity index (χ0) is 13.2. The van der Waals surface area contributed by atoms with Crippen molar-refractivity contribution < 1.29 is 4.92 Å². The molecule has 0 fully saturated rings. The molecular formula is C13H9N3O2S. The number of nitrogens with one attached hydrogen (secondary N) is 1. The van der Waals surface area contributed by atoms with Gasteiger partial charge in [0.1, 0.15) is 0 Å². The van der Waals surface area contributed by atoms with Gasteiger partial charge >= 0.3 is 0 Å². The van der Waals surface area contributed by atoms with Crippen molar-refractivity contribution in [2.45, 2.75) is 9.79 Å². The van der Waals surface area contributed by atoms with E-state index in [-0.39, 0.29) is 5.69 Å². The Labute approximate surface area is 112 Å². The van der Waals surface area contributed by atoms with Gasteiger partial charge in [0.15, 0.2) is 0 Å². The molecule has 0 aliphatic carbocycles. The van der Waals surface area contributed by atoms with Crippen LogP contribution in [0, 0.1) is 10.1 Å². The van der Waals surface area contributed by atoms with Crippen molar-refractivity contribution in [1.29, 1.82) is 0 Å². The molecule has 0 aliphatic rings. The SMILES string of the molecule is O=[N+]([O-])c1ccc(Sc2ccnc3cc[nH]c23)cc1. The molecule has 3 rings (SSSR count). The summed E-state index contributed by atoms with van der Waals surface area (Å²) >= 11 is 1.55. The molecular weight excluding hydrogens is 262 g/mol. The molecule has 0 saturated carbocycles. The van der Waals surface area contributed by atoms with Gasteiger partial charge in [-0.3, -0.25) is 15.1 Å². The fourth-order valence-corrected chi connectivity index (χ4v) is 2.70. The van der Waals surface area contributed by atoms with Gasteiger partial charge in [0, 0.05) is 34.3 Å². The first-order valence-corrected chi connectivity index (χ1v) is 6.40. The monoisotopic (exact) mass is 271 g/mol. The first-order valence-electron chi connectivity index (χ1n) is 5.58. The van der Waals surface area contributed by atoms with Gasteiger partial charge in [-0.05, 0) is 24.3 Å². The summed E-state index contributed by atoms with van der Waals surface area (Å²) in [7, 11) is 0. The standard InChI is InChI=1S/C13H9N3O2S/c17-16(18)9-1-3-10(4-2-9)19-12-6-8-14-11-5-7-15-13(11)12/h1-8,15H. The Morgan fingerprint density at radius 1 is 1.16 bits per heavy atom. The number of benzene rings is 1. The third-order valence-electron chi connectivity index (χ3n) is 2.69. The van der Waals surface area contributed by atoms with E-state index in [1.165, 1.54) is 12.1 Å². The van der Waals surface area contributed by atoms with Crippen LogP contribution in [0.15, 0.2) is 58.6 Å². The van der Waals surface area contributed by atoms with E-state index in [1.54, 1.807) is 30.1 Å². The van der Waals surface area contributed by atoms with E-state index in [1.807, 2.05) is 18.3 Å². The van der Waals surface area contributed by atoms with E-state index in [4.69, 9.17) is 0 Å². The van der Waals surface area contributed by atoms with Crippen LogP contribution in [0.1, 0.15) is 0 Å². The van der Waals surface area contributed by atoms with Gasteiger partial charge < -0.3 is 4.98 Å². The van der Waals surface area contributed by atoms with E-state index >= 15 is 0 Å². The molecule has 5 nitrogen and oxygen atoms in total. The highest BCUT2D eigenvalue weighted by Crippen LogP contribution is 2.32. The number of rotatable bonds is 3. The second-order valence-corrected chi connectivity index (χ2v) is 5.02. The molecule has 19 heavy (non-hydrogen) atoms. The summed E-state index contributed by atoms with van der Waals surface area (Å²) in [6, 6.07) is 10.3. The normalized spacial score (nSPS) is 10.7. The summed E-state index contributed by atoms with van der Waals surface area (Å²) in [5.41, 5.74) is 1.99.